The van der Waals surface area contributed by atoms with Crippen LogP contribution < -0.4 is 4.74 Å². The maximum atomic E-state index is 6.03. The van der Waals surface area contributed by atoms with Gasteiger partial charge in [0.25, 0.3) is 0 Å². The van der Waals surface area contributed by atoms with E-state index in [9.17, 15) is 0 Å². The second-order valence-corrected chi connectivity index (χ2v) is 5.83. The molecule has 1 aliphatic heterocycles. The van der Waals surface area contributed by atoms with Crippen molar-refractivity contribution in [2.24, 2.45) is 0 Å². The summed E-state index contributed by atoms with van der Waals surface area (Å²) in [6.45, 7) is 1.29. The van der Waals surface area contributed by atoms with Crippen molar-refractivity contribution in [2.45, 2.75) is 18.6 Å². The summed E-state index contributed by atoms with van der Waals surface area (Å²) in [4.78, 5) is 4.20. The van der Waals surface area contributed by atoms with Crippen LogP contribution in [0, 0.1) is 0 Å². The Labute approximate surface area is 145 Å². The molecule has 1 fully saturated rings. The fraction of sp³-hybridized carbons (Fsp3) is 0.263. The van der Waals surface area contributed by atoms with Crippen molar-refractivity contribution in [3.63, 3.8) is 0 Å². The molecule has 2 aromatic carbocycles. The summed E-state index contributed by atoms with van der Waals surface area (Å²) in [5, 5.41) is 6.87. The molecule has 1 aromatic heterocycles. The van der Waals surface area contributed by atoms with Crippen molar-refractivity contribution in [3.8, 4) is 11.5 Å². The molecular weight excluding hydrogens is 318 g/mol. The number of rotatable bonds is 5. The van der Waals surface area contributed by atoms with Crippen LogP contribution in [-0.4, -0.2) is 28.4 Å². The lowest BCUT2D eigenvalue weighted by Crippen LogP contribution is -2.40. The number of benzene rings is 2. The Kier molecular flexibility index (Phi) is 4.45. The molecule has 0 unspecified atom stereocenters. The topological polar surface area (TPSA) is 69.3 Å². The highest BCUT2D eigenvalue weighted by atomic mass is 16.7. The highest BCUT2D eigenvalue weighted by molar-refractivity contribution is 5.34. The summed E-state index contributed by atoms with van der Waals surface area (Å²) in [6, 6.07) is 17.5. The van der Waals surface area contributed by atoms with Crippen molar-refractivity contribution >= 4 is 0 Å². The third kappa shape index (κ3) is 3.55. The first kappa shape index (κ1) is 15.8. The predicted octanol–water partition coefficient (Wildman–Crippen LogP) is 3.43. The molecule has 0 atom stereocenters. The first-order valence-corrected chi connectivity index (χ1v) is 8.30. The van der Waals surface area contributed by atoms with Crippen LogP contribution in [-0.2, 0) is 21.7 Å². The highest BCUT2D eigenvalue weighted by Gasteiger charge is 2.38. The van der Waals surface area contributed by atoms with E-state index in [2.05, 4.69) is 15.2 Å². The summed E-state index contributed by atoms with van der Waals surface area (Å²) >= 11 is 0. The summed E-state index contributed by atoms with van der Waals surface area (Å²) in [5.74, 6) is 1.37. The number of H-pyrrole nitrogens is 1. The zero-order valence-electron chi connectivity index (χ0n) is 13.7. The quantitative estimate of drug-likeness (QED) is 0.772. The van der Waals surface area contributed by atoms with Crippen molar-refractivity contribution in [1.29, 1.82) is 0 Å². The van der Waals surface area contributed by atoms with Crippen LogP contribution in [0.2, 0.25) is 0 Å². The van der Waals surface area contributed by atoms with E-state index < -0.39 is 5.79 Å². The van der Waals surface area contributed by atoms with Crippen molar-refractivity contribution < 1.29 is 14.2 Å². The van der Waals surface area contributed by atoms with E-state index in [1.54, 1.807) is 6.33 Å². The Morgan fingerprint density at radius 3 is 2.36 bits per heavy atom. The number of hydrogen-bond acceptors (Lipinski definition) is 5. The Balaban J connectivity index is 1.57. The van der Waals surface area contributed by atoms with Gasteiger partial charge in [0.05, 0.1) is 19.6 Å². The highest BCUT2D eigenvalue weighted by Crippen LogP contribution is 2.35. The summed E-state index contributed by atoms with van der Waals surface area (Å²) in [7, 11) is 0. The third-order valence-corrected chi connectivity index (χ3v) is 4.09. The molecule has 4 rings (SSSR count). The van der Waals surface area contributed by atoms with Gasteiger partial charge in [0.1, 0.15) is 17.8 Å². The molecule has 2 heterocycles. The van der Waals surface area contributed by atoms with Gasteiger partial charge in [-0.2, -0.15) is 5.10 Å². The van der Waals surface area contributed by atoms with Gasteiger partial charge in [0.2, 0.25) is 5.79 Å². The van der Waals surface area contributed by atoms with E-state index in [4.69, 9.17) is 14.2 Å². The summed E-state index contributed by atoms with van der Waals surface area (Å²) in [5.41, 5.74) is 0.928. The van der Waals surface area contributed by atoms with Gasteiger partial charge >= 0.3 is 0 Å². The molecule has 128 valence electrons. The smallest absolute Gasteiger partial charge is 0.202 e. The molecule has 1 aliphatic rings. The lowest BCUT2D eigenvalue weighted by molar-refractivity contribution is -0.276. The number of aromatic nitrogens is 3. The van der Waals surface area contributed by atoms with E-state index in [1.807, 2.05) is 54.6 Å². The molecular formula is C19H19N3O3. The Morgan fingerprint density at radius 2 is 1.68 bits per heavy atom. The Hall–Kier alpha value is -2.70. The maximum Gasteiger partial charge on any atom is 0.202 e. The Bertz CT molecular complexity index is 783. The standard InChI is InChI=1S/C19H19N3O3/c1-2-5-16(6-3-1)25-17-9-7-15(8-10-17)19(23-11-4-12-24-19)13-18-20-14-21-22-18/h1-3,5-10,14H,4,11-13H2,(H,20,21,22). The molecule has 0 aliphatic carbocycles. The molecule has 0 bridgehead atoms. The monoisotopic (exact) mass is 337 g/mol. The second kappa shape index (κ2) is 7.04. The van der Waals surface area contributed by atoms with Gasteiger partial charge in [-0.15, -0.1) is 0 Å². The van der Waals surface area contributed by atoms with Crippen LogP contribution in [0.1, 0.15) is 17.8 Å². The van der Waals surface area contributed by atoms with E-state index in [1.165, 1.54) is 0 Å². The predicted molar refractivity (Wildman–Crippen MR) is 91.2 cm³/mol. The number of nitrogens with one attached hydrogen (secondary N) is 1. The van der Waals surface area contributed by atoms with Crippen LogP contribution in [0.5, 0.6) is 11.5 Å². The minimum Gasteiger partial charge on any atom is -0.457 e. The molecule has 1 saturated heterocycles. The average molecular weight is 337 g/mol. The first-order chi connectivity index (χ1) is 12.3. The van der Waals surface area contributed by atoms with Gasteiger partial charge in [-0.25, -0.2) is 4.98 Å². The third-order valence-electron chi connectivity index (χ3n) is 4.09. The minimum atomic E-state index is -0.855. The molecule has 25 heavy (non-hydrogen) atoms. The number of nitrogens with zero attached hydrogens (tertiary/aromatic N) is 2. The molecule has 0 spiro atoms. The number of aromatic amines is 1. The number of hydrogen-bond donors (Lipinski definition) is 1. The van der Waals surface area contributed by atoms with Crippen molar-refractivity contribution in [3.05, 3.63) is 72.3 Å². The van der Waals surface area contributed by atoms with Gasteiger partial charge in [-0.05, 0) is 42.8 Å². The second-order valence-electron chi connectivity index (χ2n) is 5.83. The van der Waals surface area contributed by atoms with Crippen LogP contribution in [0.3, 0.4) is 0 Å². The molecule has 6 heteroatoms. The molecule has 0 radical (unpaired) electrons. The van der Waals surface area contributed by atoms with E-state index in [-0.39, 0.29) is 0 Å². The van der Waals surface area contributed by atoms with E-state index >= 15 is 0 Å². The zero-order valence-corrected chi connectivity index (χ0v) is 13.7. The van der Waals surface area contributed by atoms with E-state index in [0.29, 0.717) is 25.5 Å². The normalized spacial score (nSPS) is 16.5. The van der Waals surface area contributed by atoms with Crippen LogP contribution >= 0.6 is 0 Å². The minimum absolute atomic E-state index is 0.454. The van der Waals surface area contributed by atoms with Gasteiger partial charge in [0.15, 0.2) is 5.82 Å². The van der Waals surface area contributed by atoms with E-state index in [0.717, 1.165) is 23.5 Å². The lowest BCUT2D eigenvalue weighted by atomic mass is 10.0. The molecule has 6 nitrogen and oxygen atoms in total. The van der Waals surface area contributed by atoms with Crippen LogP contribution in [0.4, 0.5) is 0 Å². The summed E-state index contributed by atoms with van der Waals surface area (Å²) in [6.07, 6.45) is 2.89. The summed E-state index contributed by atoms with van der Waals surface area (Å²) < 4.78 is 17.9. The van der Waals surface area contributed by atoms with Gasteiger partial charge < -0.3 is 14.2 Å². The van der Waals surface area contributed by atoms with Gasteiger partial charge in [-0.3, -0.25) is 5.10 Å². The molecule has 0 saturated carbocycles. The van der Waals surface area contributed by atoms with Gasteiger partial charge in [0, 0.05) is 5.56 Å². The maximum absolute atomic E-state index is 6.03. The molecule has 0 amide bonds. The fourth-order valence-corrected chi connectivity index (χ4v) is 2.88. The largest absolute Gasteiger partial charge is 0.457 e. The fourth-order valence-electron chi connectivity index (χ4n) is 2.88. The average Bonchev–Trinajstić information content (AvgIpc) is 3.17. The van der Waals surface area contributed by atoms with Crippen molar-refractivity contribution in [1.82, 2.24) is 15.2 Å². The van der Waals surface area contributed by atoms with Crippen molar-refractivity contribution in [2.75, 3.05) is 13.2 Å². The van der Waals surface area contributed by atoms with Crippen LogP contribution in [0.25, 0.3) is 0 Å². The molecule has 1 N–H and O–H groups in total. The SMILES string of the molecule is c1ccc(Oc2ccc(C3(Cc4nc[nH]n4)OCCCO3)cc2)cc1. The van der Waals surface area contributed by atoms with Gasteiger partial charge in [-0.1, -0.05) is 18.2 Å². The van der Waals surface area contributed by atoms with Crippen LogP contribution in [0.15, 0.2) is 60.9 Å². The number of ether oxygens (including phenoxy) is 3. The lowest BCUT2D eigenvalue weighted by Gasteiger charge is -2.37. The Morgan fingerprint density at radius 1 is 0.960 bits per heavy atom. The first-order valence-electron chi connectivity index (χ1n) is 8.30. The number of para-hydroxylation sites is 1. The zero-order chi connectivity index (χ0) is 17.0. The molecule has 3 aromatic rings.